The number of sulfonamides is 1. The highest BCUT2D eigenvalue weighted by molar-refractivity contribution is 7.89. The Hall–Kier alpha value is -0.950. The molecule has 1 aromatic carbocycles. The first kappa shape index (κ1) is 18.1. The zero-order chi connectivity index (χ0) is 16.0. The van der Waals surface area contributed by atoms with Gasteiger partial charge in [0, 0.05) is 20.2 Å². The van der Waals surface area contributed by atoms with E-state index in [1.807, 2.05) is 33.8 Å². The predicted octanol–water partition coefficient (Wildman–Crippen LogP) is 1.73. The van der Waals surface area contributed by atoms with E-state index in [1.165, 1.54) is 0 Å². The molecule has 0 heterocycles. The number of rotatable bonds is 8. The quantitative estimate of drug-likeness (QED) is 0.767. The van der Waals surface area contributed by atoms with E-state index >= 15 is 0 Å². The first-order valence-corrected chi connectivity index (χ1v) is 8.63. The maximum absolute atomic E-state index is 12.5. The van der Waals surface area contributed by atoms with Crippen molar-refractivity contribution in [1.82, 2.24) is 10.0 Å². The Labute approximate surface area is 128 Å². The molecule has 0 amide bonds. The van der Waals surface area contributed by atoms with Crippen molar-refractivity contribution in [1.29, 1.82) is 0 Å². The van der Waals surface area contributed by atoms with Gasteiger partial charge >= 0.3 is 0 Å². The molecule has 0 saturated heterocycles. The standard InChI is InChI=1S/C15H26N2O3S/c1-6-16-10-14-7-11(2)13(4)15(8-14)21(18,19)17-9-12(3)20-5/h7-8,12,16-17H,6,9-10H2,1-5H3. The van der Waals surface area contributed by atoms with Crippen LogP contribution in [0.4, 0.5) is 0 Å². The molecule has 0 radical (unpaired) electrons. The molecule has 21 heavy (non-hydrogen) atoms. The Balaban J connectivity index is 3.06. The van der Waals surface area contributed by atoms with Gasteiger partial charge in [-0.2, -0.15) is 0 Å². The topological polar surface area (TPSA) is 67.4 Å². The Morgan fingerprint density at radius 2 is 1.95 bits per heavy atom. The molecule has 0 fully saturated rings. The van der Waals surface area contributed by atoms with Gasteiger partial charge in [-0.1, -0.05) is 13.0 Å². The van der Waals surface area contributed by atoms with Crippen molar-refractivity contribution in [2.24, 2.45) is 0 Å². The molecule has 0 spiro atoms. The van der Waals surface area contributed by atoms with E-state index in [2.05, 4.69) is 10.0 Å². The van der Waals surface area contributed by atoms with E-state index in [1.54, 1.807) is 13.2 Å². The maximum atomic E-state index is 12.5. The average Bonchev–Trinajstić information content (AvgIpc) is 2.45. The molecule has 0 aliphatic rings. The molecule has 1 rings (SSSR count). The molecule has 0 aromatic heterocycles. The number of methoxy groups -OCH3 is 1. The fourth-order valence-corrected chi connectivity index (χ4v) is 3.42. The summed E-state index contributed by atoms with van der Waals surface area (Å²) < 4.78 is 32.6. The molecule has 5 nitrogen and oxygen atoms in total. The molecule has 0 aliphatic carbocycles. The summed E-state index contributed by atoms with van der Waals surface area (Å²) in [4.78, 5) is 0.346. The van der Waals surface area contributed by atoms with Crippen LogP contribution in [0.2, 0.25) is 0 Å². The van der Waals surface area contributed by atoms with Gasteiger partial charge in [0.2, 0.25) is 10.0 Å². The number of hydrogen-bond donors (Lipinski definition) is 2. The van der Waals surface area contributed by atoms with Gasteiger partial charge in [0.25, 0.3) is 0 Å². The lowest BCUT2D eigenvalue weighted by Crippen LogP contribution is -2.32. The monoisotopic (exact) mass is 314 g/mol. The van der Waals surface area contributed by atoms with Gasteiger partial charge in [-0.05, 0) is 50.1 Å². The number of hydrogen-bond acceptors (Lipinski definition) is 4. The van der Waals surface area contributed by atoms with E-state index in [-0.39, 0.29) is 12.6 Å². The van der Waals surface area contributed by atoms with E-state index < -0.39 is 10.0 Å². The van der Waals surface area contributed by atoms with Gasteiger partial charge in [-0.15, -0.1) is 0 Å². The van der Waals surface area contributed by atoms with Gasteiger partial charge < -0.3 is 10.1 Å². The Morgan fingerprint density at radius 1 is 1.29 bits per heavy atom. The summed E-state index contributed by atoms with van der Waals surface area (Å²) in [6.07, 6.45) is -0.161. The third-order valence-electron chi connectivity index (χ3n) is 3.51. The first-order valence-electron chi connectivity index (χ1n) is 7.15. The van der Waals surface area contributed by atoms with E-state index in [4.69, 9.17) is 4.74 Å². The Bertz CT molecular complexity index is 571. The van der Waals surface area contributed by atoms with Gasteiger partial charge in [0.15, 0.2) is 0 Å². The Morgan fingerprint density at radius 3 is 2.52 bits per heavy atom. The van der Waals surface area contributed by atoms with Gasteiger partial charge in [-0.25, -0.2) is 13.1 Å². The Kier molecular flexibility index (Phi) is 6.80. The largest absolute Gasteiger partial charge is 0.380 e. The molecule has 1 atom stereocenters. The van der Waals surface area contributed by atoms with Crippen molar-refractivity contribution < 1.29 is 13.2 Å². The minimum absolute atomic E-state index is 0.161. The van der Waals surface area contributed by atoms with Crippen LogP contribution in [0.3, 0.4) is 0 Å². The summed E-state index contributed by atoms with van der Waals surface area (Å²) in [7, 11) is -1.96. The van der Waals surface area contributed by atoms with Crippen LogP contribution in [0.1, 0.15) is 30.5 Å². The SMILES string of the molecule is CCNCc1cc(C)c(C)c(S(=O)(=O)NCC(C)OC)c1. The fourth-order valence-electron chi connectivity index (χ4n) is 1.94. The molecule has 0 bridgehead atoms. The van der Waals surface area contributed by atoms with Crippen LogP contribution in [0.25, 0.3) is 0 Å². The van der Waals surface area contributed by atoms with Gasteiger partial charge in [0.1, 0.15) is 0 Å². The molecule has 0 aliphatic heterocycles. The summed E-state index contributed by atoms with van der Waals surface area (Å²) in [6.45, 7) is 9.37. The molecule has 120 valence electrons. The molecule has 2 N–H and O–H groups in total. The van der Waals surface area contributed by atoms with Crippen LogP contribution in [-0.4, -0.2) is 34.7 Å². The number of ether oxygens (including phenoxy) is 1. The van der Waals surface area contributed by atoms with E-state index in [0.29, 0.717) is 11.4 Å². The van der Waals surface area contributed by atoms with Crippen molar-refractivity contribution in [2.75, 3.05) is 20.2 Å². The van der Waals surface area contributed by atoms with E-state index in [0.717, 1.165) is 23.2 Å². The second kappa shape index (κ2) is 7.89. The van der Waals surface area contributed by atoms with Crippen molar-refractivity contribution in [2.45, 2.75) is 45.2 Å². The normalized spacial score (nSPS) is 13.4. The minimum Gasteiger partial charge on any atom is -0.380 e. The smallest absolute Gasteiger partial charge is 0.240 e. The van der Waals surface area contributed by atoms with Crippen LogP contribution in [0.15, 0.2) is 17.0 Å². The second-order valence-electron chi connectivity index (χ2n) is 5.21. The average molecular weight is 314 g/mol. The summed E-state index contributed by atoms with van der Waals surface area (Å²) >= 11 is 0. The zero-order valence-electron chi connectivity index (χ0n) is 13.5. The van der Waals surface area contributed by atoms with Crippen LogP contribution >= 0.6 is 0 Å². The second-order valence-corrected chi connectivity index (χ2v) is 6.95. The summed E-state index contributed by atoms with van der Waals surface area (Å²) in [5, 5.41) is 3.21. The highest BCUT2D eigenvalue weighted by Crippen LogP contribution is 2.21. The van der Waals surface area contributed by atoms with Crippen molar-refractivity contribution in [3.8, 4) is 0 Å². The highest BCUT2D eigenvalue weighted by atomic mass is 32.2. The van der Waals surface area contributed by atoms with Gasteiger partial charge in [0.05, 0.1) is 11.0 Å². The van der Waals surface area contributed by atoms with Crippen LogP contribution in [0, 0.1) is 13.8 Å². The van der Waals surface area contributed by atoms with Crippen molar-refractivity contribution in [3.05, 3.63) is 28.8 Å². The van der Waals surface area contributed by atoms with Crippen molar-refractivity contribution in [3.63, 3.8) is 0 Å². The molecular weight excluding hydrogens is 288 g/mol. The van der Waals surface area contributed by atoms with Crippen LogP contribution < -0.4 is 10.0 Å². The van der Waals surface area contributed by atoms with Gasteiger partial charge in [-0.3, -0.25) is 0 Å². The summed E-state index contributed by atoms with van der Waals surface area (Å²) in [5.74, 6) is 0. The molecule has 1 unspecified atom stereocenters. The summed E-state index contributed by atoms with van der Waals surface area (Å²) in [5.41, 5.74) is 2.73. The number of nitrogens with one attached hydrogen (secondary N) is 2. The first-order chi connectivity index (χ1) is 9.81. The minimum atomic E-state index is -3.52. The maximum Gasteiger partial charge on any atom is 0.240 e. The number of benzene rings is 1. The third kappa shape index (κ3) is 5.07. The lowest BCUT2D eigenvalue weighted by atomic mass is 10.1. The molecular formula is C15H26N2O3S. The van der Waals surface area contributed by atoms with Crippen molar-refractivity contribution >= 4 is 10.0 Å². The third-order valence-corrected chi connectivity index (χ3v) is 5.06. The molecule has 1 aromatic rings. The van der Waals surface area contributed by atoms with Crippen LogP contribution in [-0.2, 0) is 21.3 Å². The lowest BCUT2D eigenvalue weighted by Gasteiger charge is -2.15. The van der Waals surface area contributed by atoms with E-state index in [9.17, 15) is 8.42 Å². The molecule has 6 heteroatoms. The van der Waals surface area contributed by atoms with Crippen LogP contribution in [0.5, 0.6) is 0 Å². The fraction of sp³-hybridized carbons (Fsp3) is 0.600. The summed E-state index contributed by atoms with van der Waals surface area (Å²) in [6, 6.07) is 3.76. The molecule has 0 saturated carbocycles. The number of aryl methyl sites for hydroxylation is 1. The highest BCUT2D eigenvalue weighted by Gasteiger charge is 2.19. The zero-order valence-corrected chi connectivity index (χ0v) is 14.3. The lowest BCUT2D eigenvalue weighted by molar-refractivity contribution is 0.122. The predicted molar refractivity (Wildman–Crippen MR) is 85.0 cm³/mol.